The zero-order valence-corrected chi connectivity index (χ0v) is 20.6. The number of hydrogen-bond acceptors (Lipinski definition) is 2. The van der Waals surface area contributed by atoms with Gasteiger partial charge in [-0.1, -0.05) is 103 Å². The Bertz CT molecular complexity index is 1430. The first kappa shape index (κ1) is 22.2. The van der Waals surface area contributed by atoms with E-state index in [0.29, 0.717) is 0 Å². The zero-order valence-electron chi connectivity index (χ0n) is 19.7. The minimum atomic E-state index is -0.737. The Balaban J connectivity index is 1.66. The average Bonchev–Trinajstić information content (AvgIpc) is 2.87. The number of benzene rings is 4. The van der Waals surface area contributed by atoms with Gasteiger partial charge in [-0.25, -0.2) is 4.98 Å². The second-order valence-corrected chi connectivity index (χ2v) is 10.7. The van der Waals surface area contributed by atoms with E-state index in [2.05, 4.69) is 123 Å². The van der Waals surface area contributed by atoms with Crippen LogP contribution in [0, 0.1) is 13.8 Å². The van der Waals surface area contributed by atoms with Crippen molar-refractivity contribution >= 4 is 46.1 Å². The molecule has 1 heterocycles. The van der Waals surface area contributed by atoms with Crippen molar-refractivity contribution in [2.24, 2.45) is 4.99 Å². The molecule has 4 aromatic carbocycles. The Morgan fingerprint density at radius 3 is 2.03 bits per heavy atom. The molecular formula is C31H27N2P. The summed E-state index contributed by atoms with van der Waals surface area (Å²) < 4.78 is 0. The molecule has 5 rings (SSSR count). The molecule has 166 valence electrons. The van der Waals surface area contributed by atoms with Crippen molar-refractivity contribution in [1.29, 1.82) is 0 Å². The number of fused-ring (bicyclic) bond motifs is 1. The lowest BCUT2D eigenvalue weighted by Crippen LogP contribution is -2.22. The molecule has 0 saturated carbocycles. The van der Waals surface area contributed by atoms with Crippen LogP contribution >= 0.6 is 7.92 Å². The van der Waals surface area contributed by atoms with Gasteiger partial charge in [0.25, 0.3) is 0 Å². The summed E-state index contributed by atoms with van der Waals surface area (Å²) in [6.45, 7) is 6.27. The van der Waals surface area contributed by atoms with E-state index in [-0.39, 0.29) is 0 Å². The topological polar surface area (TPSA) is 25.2 Å². The number of hydrogen-bond donors (Lipinski definition) is 0. The van der Waals surface area contributed by atoms with Crippen LogP contribution in [0.4, 0.5) is 5.69 Å². The van der Waals surface area contributed by atoms with Crippen molar-refractivity contribution in [3.63, 3.8) is 0 Å². The summed E-state index contributed by atoms with van der Waals surface area (Å²) in [6.07, 6.45) is 0. The fraction of sp³-hybridized carbons (Fsp3) is 0.0968. The number of para-hydroxylation sites is 1. The summed E-state index contributed by atoms with van der Waals surface area (Å²) in [7, 11) is -0.737. The predicted molar refractivity (Wildman–Crippen MR) is 148 cm³/mol. The van der Waals surface area contributed by atoms with Crippen LogP contribution in [0.2, 0.25) is 0 Å². The molecule has 0 spiro atoms. The highest BCUT2D eigenvalue weighted by Gasteiger charge is 2.19. The van der Waals surface area contributed by atoms with E-state index in [0.717, 1.165) is 28.0 Å². The van der Waals surface area contributed by atoms with Crippen LogP contribution < -0.4 is 15.9 Å². The van der Waals surface area contributed by atoms with Gasteiger partial charge in [-0.15, -0.1) is 0 Å². The minimum absolute atomic E-state index is 0.737. The number of pyridine rings is 1. The number of aromatic nitrogens is 1. The Kier molecular flexibility index (Phi) is 6.34. The second kappa shape index (κ2) is 9.71. The van der Waals surface area contributed by atoms with E-state index in [1.54, 1.807) is 0 Å². The Morgan fingerprint density at radius 2 is 1.38 bits per heavy atom. The molecule has 0 aliphatic rings. The largest absolute Gasteiger partial charge is 0.251 e. The molecule has 0 fully saturated rings. The van der Waals surface area contributed by atoms with Crippen molar-refractivity contribution < 1.29 is 0 Å². The standard InChI is InChI=1S/C31H27N2P/c1-22-17-19-28(23(2)21-22)32-24(3)29-20-18-25-11-10-16-30(31(25)33-29)34(26-12-6-4-7-13-26)27-14-8-5-9-15-27/h4-21H,1-3H3. The molecule has 0 atom stereocenters. The molecule has 0 amide bonds. The summed E-state index contributed by atoms with van der Waals surface area (Å²) in [5, 5.41) is 5.07. The van der Waals surface area contributed by atoms with Gasteiger partial charge in [0, 0.05) is 10.7 Å². The number of rotatable bonds is 5. The van der Waals surface area contributed by atoms with Gasteiger partial charge in [0.2, 0.25) is 0 Å². The molecule has 1 aromatic heterocycles. The Morgan fingerprint density at radius 1 is 0.706 bits per heavy atom. The van der Waals surface area contributed by atoms with Gasteiger partial charge in [0.1, 0.15) is 0 Å². The third-order valence-electron chi connectivity index (χ3n) is 5.98. The molecule has 5 aromatic rings. The average molecular weight is 459 g/mol. The lowest BCUT2D eigenvalue weighted by Gasteiger charge is -2.21. The lowest BCUT2D eigenvalue weighted by molar-refractivity contribution is 1.31. The van der Waals surface area contributed by atoms with Crippen LogP contribution in [0.5, 0.6) is 0 Å². The SMILES string of the molecule is CC(=Nc1ccc(C)cc1C)c1ccc2cccc(P(c3ccccc3)c3ccccc3)c2n1. The Labute approximate surface area is 202 Å². The first-order valence-corrected chi connectivity index (χ1v) is 12.9. The maximum atomic E-state index is 5.18. The van der Waals surface area contributed by atoms with Crippen molar-refractivity contribution in [2.75, 3.05) is 0 Å². The van der Waals surface area contributed by atoms with E-state index >= 15 is 0 Å². The molecule has 2 nitrogen and oxygen atoms in total. The van der Waals surface area contributed by atoms with Crippen LogP contribution in [0.1, 0.15) is 23.7 Å². The quantitative estimate of drug-likeness (QED) is 0.211. The predicted octanol–water partition coefficient (Wildman–Crippen LogP) is 6.75. The highest BCUT2D eigenvalue weighted by molar-refractivity contribution is 7.80. The minimum Gasteiger partial charge on any atom is -0.251 e. The van der Waals surface area contributed by atoms with Crippen molar-refractivity contribution in [1.82, 2.24) is 4.98 Å². The van der Waals surface area contributed by atoms with Gasteiger partial charge in [-0.3, -0.25) is 4.99 Å². The first-order valence-electron chi connectivity index (χ1n) is 11.5. The summed E-state index contributed by atoms with van der Waals surface area (Å²) in [5.74, 6) is 0. The summed E-state index contributed by atoms with van der Waals surface area (Å²) in [5.41, 5.74) is 6.31. The van der Waals surface area contributed by atoms with E-state index < -0.39 is 7.92 Å². The third kappa shape index (κ3) is 4.55. The van der Waals surface area contributed by atoms with E-state index in [9.17, 15) is 0 Å². The van der Waals surface area contributed by atoms with Gasteiger partial charge in [-0.2, -0.15) is 0 Å². The van der Waals surface area contributed by atoms with E-state index in [1.165, 1.54) is 27.0 Å². The monoisotopic (exact) mass is 458 g/mol. The van der Waals surface area contributed by atoms with Gasteiger partial charge >= 0.3 is 0 Å². The fourth-order valence-electron chi connectivity index (χ4n) is 4.26. The zero-order chi connectivity index (χ0) is 23.5. The molecule has 0 saturated heterocycles. The first-order chi connectivity index (χ1) is 16.6. The highest BCUT2D eigenvalue weighted by Crippen LogP contribution is 2.35. The molecular weight excluding hydrogens is 431 g/mol. The smallest absolute Gasteiger partial charge is 0.0849 e. The molecule has 0 bridgehead atoms. The Hall–Kier alpha value is -3.61. The maximum absolute atomic E-state index is 5.18. The summed E-state index contributed by atoms with van der Waals surface area (Å²) in [4.78, 5) is 10.1. The molecule has 3 heteroatoms. The van der Waals surface area contributed by atoms with Gasteiger partial charge in [-0.05, 0) is 57.0 Å². The molecule has 0 radical (unpaired) electrons. The van der Waals surface area contributed by atoms with Crippen molar-refractivity contribution in [2.45, 2.75) is 20.8 Å². The third-order valence-corrected chi connectivity index (χ3v) is 8.45. The summed E-state index contributed by atoms with van der Waals surface area (Å²) >= 11 is 0. The number of aliphatic imine (C=N–C) groups is 1. The highest BCUT2D eigenvalue weighted by atomic mass is 31.1. The summed E-state index contributed by atoms with van der Waals surface area (Å²) in [6, 6.07) is 38.7. The fourth-order valence-corrected chi connectivity index (χ4v) is 6.68. The number of nitrogens with zero attached hydrogens (tertiary/aromatic N) is 2. The van der Waals surface area contributed by atoms with Crippen LogP contribution in [-0.4, -0.2) is 10.7 Å². The van der Waals surface area contributed by atoms with Crippen molar-refractivity contribution in [3.05, 3.63) is 126 Å². The van der Waals surface area contributed by atoms with Crippen LogP contribution in [0.25, 0.3) is 10.9 Å². The molecule has 0 aliphatic carbocycles. The molecule has 0 aliphatic heterocycles. The molecule has 0 unspecified atom stereocenters. The van der Waals surface area contributed by atoms with Crippen LogP contribution in [0.15, 0.2) is 114 Å². The van der Waals surface area contributed by atoms with Gasteiger partial charge in [0.15, 0.2) is 0 Å². The van der Waals surface area contributed by atoms with Crippen molar-refractivity contribution in [3.8, 4) is 0 Å². The lowest BCUT2D eigenvalue weighted by atomic mass is 10.1. The normalized spacial score (nSPS) is 11.8. The van der Waals surface area contributed by atoms with E-state index in [1.807, 2.05) is 6.92 Å². The molecule has 34 heavy (non-hydrogen) atoms. The molecule has 0 N–H and O–H groups in total. The van der Waals surface area contributed by atoms with Gasteiger partial charge < -0.3 is 0 Å². The van der Waals surface area contributed by atoms with E-state index in [4.69, 9.17) is 9.98 Å². The van der Waals surface area contributed by atoms with Gasteiger partial charge in [0.05, 0.1) is 22.6 Å². The number of aryl methyl sites for hydroxylation is 2. The maximum Gasteiger partial charge on any atom is 0.0849 e. The van der Waals surface area contributed by atoms with Crippen LogP contribution in [0.3, 0.4) is 0 Å². The van der Waals surface area contributed by atoms with Crippen LogP contribution in [-0.2, 0) is 0 Å². The second-order valence-electron chi connectivity index (χ2n) is 8.54.